The smallest absolute Gasteiger partial charge is 0.220 e. The first kappa shape index (κ1) is 17.2. The van der Waals surface area contributed by atoms with E-state index in [-0.39, 0.29) is 11.3 Å². The Hall–Kier alpha value is -1.16. The highest BCUT2D eigenvalue weighted by molar-refractivity contribution is 7.84. The molecule has 2 rings (SSSR count). The number of hydrogen-bond donors (Lipinski definition) is 1. The van der Waals surface area contributed by atoms with Gasteiger partial charge in [-0.3, -0.25) is 9.00 Å². The quantitative estimate of drug-likeness (QED) is 0.875. The van der Waals surface area contributed by atoms with Crippen LogP contribution in [0.15, 0.2) is 24.3 Å². The average Bonchev–Trinajstić information content (AvgIpc) is 2.52. The summed E-state index contributed by atoms with van der Waals surface area (Å²) in [4.78, 5) is 12.0. The van der Waals surface area contributed by atoms with Gasteiger partial charge in [0.2, 0.25) is 5.91 Å². The Kier molecular flexibility index (Phi) is 6.18. The predicted octanol–water partition coefficient (Wildman–Crippen LogP) is 3.08. The van der Waals surface area contributed by atoms with Gasteiger partial charge in [-0.05, 0) is 30.9 Å². The molecule has 1 aliphatic rings. The van der Waals surface area contributed by atoms with E-state index in [2.05, 4.69) is 36.5 Å². The van der Waals surface area contributed by atoms with Crippen molar-refractivity contribution in [1.29, 1.82) is 0 Å². The normalized spacial score (nSPS) is 18.6. The Bertz CT molecular complexity index is 536. The van der Waals surface area contributed by atoms with Crippen molar-refractivity contribution in [2.45, 2.75) is 50.9 Å². The Balaban J connectivity index is 2.08. The number of aryl methyl sites for hydroxylation is 1. The molecule has 0 bridgehead atoms. The lowest BCUT2D eigenvalue weighted by Crippen LogP contribution is -2.42. The molecule has 1 atom stereocenters. The molecule has 0 saturated heterocycles. The monoisotopic (exact) mass is 321 g/mol. The summed E-state index contributed by atoms with van der Waals surface area (Å²) < 4.78 is 11.1. The minimum absolute atomic E-state index is 0.0220. The second-order valence-electron chi connectivity index (χ2n) is 6.46. The van der Waals surface area contributed by atoms with Crippen LogP contribution < -0.4 is 5.32 Å². The third-order valence-corrected chi connectivity index (χ3v) is 5.55. The van der Waals surface area contributed by atoms with E-state index in [1.54, 1.807) is 6.26 Å². The number of rotatable bonds is 6. The molecule has 1 N–H and O–H groups in total. The van der Waals surface area contributed by atoms with E-state index in [1.807, 2.05) is 0 Å². The standard InChI is InChI=1S/C18H27NO2S/c1-15-8-4-5-9-16(15)18(11-6-3-7-12-18)14-19-17(20)10-13-22(2)21/h4-5,8-9H,3,6-7,10-14H2,1-2H3,(H,19,20)/t22-/m1/s1. The van der Waals surface area contributed by atoms with Gasteiger partial charge in [-0.25, -0.2) is 0 Å². The lowest BCUT2D eigenvalue weighted by Gasteiger charge is -2.39. The Morgan fingerprint density at radius 2 is 1.91 bits per heavy atom. The van der Waals surface area contributed by atoms with Crippen molar-refractivity contribution in [3.05, 3.63) is 35.4 Å². The van der Waals surface area contributed by atoms with Crippen molar-refractivity contribution in [2.75, 3.05) is 18.6 Å². The van der Waals surface area contributed by atoms with Crippen molar-refractivity contribution in [1.82, 2.24) is 5.32 Å². The number of benzene rings is 1. The zero-order valence-corrected chi connectivity index (χ0v) is 14.5. The lowest BCUT2D eigenvalue weighted by atomic mass is 9.68. The summed E-state index contributed by atoms with van der Waals surface area (Å²) in [5, 5.41) is 3.10. The van der Waals surface area contributed by atoms with Crippen LogP contribution in [0.25, 0.3) is 0 Å². The Labute approximate surface area is 136 Å². The van der Waals surface area contributed by atoms with E-state index in [9.17, 15) is 9.00 Å². The summed E-state index contributed by atoms with van der Waals surface area (Å²) in [6, 6.07) is 8.55. The van der Waals surface area contributed by atoms with Gasteiger partial charge in [0.05, 0.1) is 0 Å². The molecule has 122 valence electrons. The van der Waals surface area contributed by atoms with Gasteiger partial charge in [-0.1, -0.05) is 43.5 Å². The maximum Gasteiger partial charge on any atom is 0.220 e. The fourth-order valence-corrected chi connectivity index (χ4v) is 4.00. The number of nitrogens with one attached hydrogen (secondary N) is 1. The Morgan fingerprint density at radius 1 is 1.23 bits per heavy atom. The van der Waals surface area contributed by atoms with Gasteiger partial charge in [0, 0.05) is 41.2 Å². The molecule has 0 heterocycles. The number of carbonyl (C=O) groups is 1. The largest absolute Gasteiger partial charge is 0.355 e. The molecule has 22 heavy (non-hydrogen) atoms. The first-order valence-corrected chi connectivity index (χ1v) is 9.89. The molecule has 1 aromatic carbocycles. The summed E-state index contributed by atoms with van der Waals surface area (Å²) in [6.45, 7) is 2.86. The second-order valence-corrected chi connectivity index (χ2v) is 8.01. The topological polar surface area (TPSA) is 46.2 Å². The molecule has 1 saturated carbocycles. The SMILES string of the molecule is Cc1ccccc1C1(CNC(=O)CC[S@@](C)=O)CCCCC1. The minimum Gasteiger partial charge on any atom is -0.355 e. The first-order valence-electron chi connectivity index (χ1n) is 8.16. The molecule has 1 aliphatic carbocycles. The van der Waals surface area contributed by atoms with Crippen LogP contribution in [0.3, 0.4) is 0 Å². The first-order chi connectivity index (χ1) is 10.5. The summed E-state index contributed by atoms with van der Waals surface area (Å²) in [5.74, 6) is 0.470. The highest BCUT2D eigenvalue weighted by Crippen LogP contribution is 2.40. The molecule has 0 unspecified atom stereocenters. The van der Waals surface area contributed by atoms with Crippen LogP contribution >= 0.6 is 0 Å². The molecule has 1 aromatic rings. The second kappa shape index (κ2) is 7.91. The maximum absolute atomic E-state index is 12.0. The van der Waals surface area contributed by atoms with Crippen LogP contribution in [-0.4, -0.2) is 28.7 Å². The van der Waals surface area contributed by atoms with E-state index < -0.39 is 10.8 Å². The number of hydrogen-bond acceptors (Lipinski definition) is 2. The van der Waals surface area contributed by atoms with Gasteiger partial charge in [0.25, 0.3) is 0 Å². The van der Waals surface area contributed by atoms with Crippen LogP contribution in [0.4, 0.5) is 0 Å². The fourth-order valence-electron chi connectivity index (χ4n) is 3.53. The van der Waals surface area contributed by atoms with E-state index in [1.165, 1.54) is 30.4 Å². The van der Waals surface area contributed by atoms with Crippen molar-refractivity contribution < 1.29 is 9.00 Å². The molecule has 1 amide bonds. The maximum atomic E-state index is 12.0. The minimum atomic E-state index is -0.905. The highest BCUT2D eigenvalue weighted by atomic mass is 32.2. The third-order valence-electron chi connectivity index (χ3n) is 4.77. The van der Waals surface area contributed by atoms with E-state index >= 15 is 0 Å². The van der Waals surface area contributed by atoms with Gasteiger partial charge in [0.15, 0.2) is 0 Å². The molecule has 0 aromatic heterocycles. The molecule has 3 nitrogen and oxygen atoms in total. The van der Waals surface area contributed by atoms with Gasteiger partial charge in [-0.15, -0.1) is 0 Å². The predicted molar refractivity (Wildman–Crippen MR) is 92.5 cm³/mol. The third kappa shape index (κ3) is 4.42. The van der Waals surface area contributed by atoms with Crippen molar-refractivity contribution >= 4 is 16.7 Å². The summed E-state index contributed by atoms with van der Waals surface area (Å²) >= 11 is 0. The van der Waals surface area contributed by atoms with Gasteiger partial charge in [-0.2, -0.15) is 0 Å². The molecule has 0 radical (unpaired) electrons. The molecular formula is C18H27NO2S. The van der Waals surface area contributed by atoms with Crippen LogP contribution in [-0.2, 0) is 21.0 Å². The van der Waals surface area contributed by atoms with Crippen molar-refractivity contribution in [3.8, 4) is 0 Å². The van der Waals surface area contributed by atoms with E-state index in [0.717, 1.165) is 12.8 Å². The Morgan fingerprint density at radius 3 is 2.55 bits per heavy atom. The molecular weight excluding hydrogens is 294 g/mol. The molecule has 1 fully saturated rings. The van der Waals surface area contributed by atoms with Gasteiger partial charge >= 0.3 is 0 Å². The number of amides is 1. The summed E-state index contributed by atoms with van der Waals surface area (Å²) in [5.41, 5.74) is 2.77. The summed E-state index contributed by atoms with van der Waals surface area (Å²) in [7, 11) is -0.905. The average molecular weight is 321 g/mol. The fraction of sp³-hybridized carbons (Fsp3) is 0.611. The van der Waals surface area contributed by atoms with Crippen molar-refractivity contribution in [2.24, 2.45) is 0 Å². The van der Waals surface area contributed by atoms with Crippen LogP contribution in [0.1, 0.15) is 49.7 Å². The van der Waals surface area contributed by atoms with Gasteiger partial charge in [0.1, 0.15) is 0 Å². The highest BCUT2D eigenvalue weighted by Gasteiger charge is 2.35. The number of carbonyl (C=O) groups excluding carboxylic acids is 1. The zero-order valence-electron chi connectivity index (χ0n) is 13.7. The van der Waals surface area contributed by atoms with E-state index in [0.29, 0.717) is 18.7 Å². The molecule has 0 aliphatic heterocycles. The van der Waals surface area contributed by atoms with Crippen LogP contribution in [0, 0.1) is 6.92 Å². The summed E-state index contributed by atoms with van der Waals surface area (Å²) in [6.07, 6.45) is 8.01. The van der Waals surface area contributed by atoms with Crippen LogP contribution in [0.2, 0.25) is 0 Å². The molecule has 4 heteroatoms. The zero-order chi connectivity index (χ0) is 16.0. The van der Waals surface area contributed by atoms with Crippen LogP contribution in [0.5, 0.6) is 0 Å². The lowest BCUT2D eigenvalue weighted by molar-refractivity contribution is -0.121. The van der Waals surface area contributed by atoms with Crippen molar-refractivity contribution in [3.63, 3.8) is 0 Å². The van der Waals surface area contributed by atoms with E-state index in [4.69, 9.17) is 0 Å². The molecule has 0 spiro atoms. The van der Waals surface area contributed by atoms with Gasteiger partial charge < -0.3 is 5.32 Å².